The molecule has 2 N–H and O–H groups in total. The number of H-pyrrole nitrogens is 2. The second kappa shape index (κ2) is 6.89. The summed E-state index contributed by atoms with van der Waals surface area (Å²) in [7, 11) is 0. The molecular weight excluding hydrogens is 356 g/mol. The molecule has 3 aromatic heterocycles. The van der Waals surface area contributed by atoms with Crippen molar-refractivity contribution in [3.05, 3.63) is 69.3 Å². The van der Waals surface area contributed by atoms with E-state index >= 15 is 0 Å². The Morgan fingerprint density at radius 3 is 1.17 bits per heavy atom. The van der Waals surface area contributed by atoms with E-state index in [9.17, 15) is 0 Å². The average molecular weight is 383 g/mol. The molecule has 0 spiro atoms. The van der Waals surface area contributed by atoms with Crippen molar-refractivity contribution in [1.29, 1.82) is 0 Å². The lowest BCUT2D eigenvalue weighted by Gasteiger charge is -1.97. The first-order valence-electron chi connectivity index (χ1n) is 9.54. The van der Waals surface area contributed by atoms with Crippen LogP contribution < -0.4 is 0 Å². The second-order valence-corrected chi connectivity index (χ2v) is 7.50. The first kappa shape index (κ1) is 18.9. The number of nitrogens with one attached hydrogen (secondary N) is 2. The van der Waals surface area contributed by atoms with Crippen molar-refractivity contribution in [2.75, 3.05) is 0 Å². The molecule has 0 amide bonds. The van der Waals surface area contributed by atoms with Crippen molar-refractivity contribution in [3.8, 4) is 0 Å². The highest BCUT2D eigenvalue weighted by Crippen LogP contribution is 2.25. The molecule has 3 aromatic rings. The minimum atomic E-state index is 0. The number of aromatic amines is 2. The molecule has 0 aliphatic carbocycles. The van der Waals surface area contributed by atoms with Gasteiger partial charge in [0.2, 0.25) is 0 Å². The van der Waals surface area contributed by atoms with Gasteiger partial charge in [-0.2, -0.15) is 0 Å². The van der Waals surface area contributed by atoms with Crippen LogP contribution in [0.15, 0.2) is 24.3 Å². The number of rotatable bonds is 0. The number of aromatic nitrogens is 4. The number of hydrogen-bond acceptors (Lipinski definition) is 2. The molecule has 0 radical (unpaired) electrons. The van der Waals surface area contributed by atoms with Crippen molar-refractivity contribution in [1.82, 2.24) is 19.9 Å². The largest absolute Gasteiger partial charge is 0.355 e. The van der Waals surface area contributed by atoms with Crippen LogP contribution in [0.4, 0.5) is 0 Å². The maximum Gasteiger partial charge on any atom is 0.0688 e. The average Bonchev–Trinajstić information content (AvgIpc) is 3.49. The molecule has 29 heavy (non-hydrogen) atoms. The van der Waals surface area contributed by atoms with E-state index in [1.54, 1.807) is 0 Å². The Labute approximate surface area is 171 Å². The number of hydrogen-bond donors (Lipinski definition) is 2. The number of fused-ring (bicyclic) bond motifs is 8. The predicted octanol–water partition coefficient (Wildman–Crippen LogP) is 6.53. The van der Waals surface area contributed by atoms with Crippen molar-refractivity contribution in [2.45, 2.75) is 35.1 Å². The van der Waals surface area contributed by atoms with Gasteiger partial charge in [-0.3, -0.25) is 0 Å². The van der Waals surface area contributed by atoms with Crippen molar-refractivity contribution < 1.29 is 0 Å². The molecule has 0 fully saturated rings. The molecule has 2 aliphatic rings. The molecule has 4 heteroatoms. The van der Waals surface area contributed by atoms with Crippen LogP contribution in [0.1, 0.15) is 52.5 Å². The van der Waals surface area contributed by atoms with Crippen molar-refractivity contribution in [3.63, 3.8) is 0 Å². The van der Waals surface area contributed by atoms with Crippen LogP contribution in [0.3, 0.4) is 0 Å². The van der Waals surface area contributed by atoms with E-state index in [1.165, 1.54) is 5.56 Å². The van der Waals surface area contributed by atoms with Crippen molar-refractivity contribution >= 4 is 46.4 Å². The Hall–Kier alpha value is -3.40. The zero-order chi connectivity index (χ0) is 19.4. The maximum absolute atomic E-state index is 4.86. The van der Waals surface area contributed by atoms with Gasteiger partial charge in [-0.05, 0) is 93.0 Å². The second-order valence-electron chi connectivity index (χ2n) is 7.50. The van der Waals surface area contributed by atoms with E-state index in [4.69, 9.17) is 9.97 Å². The highest BCUT2D eigenvalue weighted by atomic mass is 14.8. The normalized spacial score (nSPS) is 12.3. The topological polar surface area (TPSA) is 57.4 Å². The van der Waals surface area contributed by atoms with Crippen LogP contribution in [0.25, 0.3) is 46.4 Å². The lowest BCUT2D eigenvalue weighted by molar-refractivity contribution is 1.19. The van der Waals surface area contributed by atoms with Gasteiger partial charge in [0.25, 0.3) is 0 Å². The highest BCUT2D eigenvalue weighted by molar-refractivity contribution is 5.82. The van der Waals surface area contributed by atoms with Gasteiger partial charge in [0.1, 0.15) is 0 Å². The minimum absolute atomic E-state index is 0. The molecule has 0 atom stereocenters. The van der Waals surface area contributed by atoms with E-state index in [0.717, 1.165) is 61.5 Å². The maximum atomic E-state index is 4.86. The van der Waals surface area contributed by atoms with Crippen LogP contribution >= 0.6 is 0 Å². The SMILES string of the molecule is C.Cc1c2nc(c(C)c3ccc([nH]3)c(C)c3ccc([nH]3)c(C)c3nc1C=C3)C=C2. The molecule has 0 aromatic carbocycles. The molecule has 2 aliphatic heterocycles. The fourth-order valence-electron chi connectivity index (χ4n) is 3.78. The van der Waals surface area contributed by atoms with Gasteiger partial charge in [0.05, 0.1) is 22.8 Å². The molecule has 5 heterocycles. The molecule has 0 saturated carbocycles. The molecule has 0 saturated heterocycles. The van der Waals surface area contributed by atoms with Gasteiger partial charge in [-0.1, -0.05) is 7.43 Å². The van der Waals surface area contributed by atoms with Gasteiger partial charge in [0.15, 0.2) is 0 Å². The van der Waals surface area contributed by atoms with E-state index in [1.807, 2.05) is 0 Å². The minimum Gasteiger partial charge on any atom is -0.355 e. The van der Waals surface area contributed by atoms with Crippen molar-refractivity contribution in [2.24, 2.45) is 0 Å². The Morgan fingerprint density at radius 2 is 0.793 bits per heavy atom. The van der Waals surface area contributed by atoms with E-state index in [2.05, 4.69) is 86.2 Å². The van der Waals surface area contributed by atoms with Gasteiger partial charge < -0.3 is 9.97 Å². The first-order chi connectivity index (χ1) is 13.5. The Kier molecular flexibility index (Phi) is 4.50. The summed E-state index contributed by atoms with van der Waals surface area (Å²) in [6.07, 6.45) is 8.33. The monoisotopic (exact) mass is 382 g/mol. The first-order valence-corrected chi connectivity index (χ1v) is 9.54. The van der Waals surface area contributed by atoms with Crippen LogP contribution in [-0.2, 0) is 0 Å². The summed E-state index contributed by atoms with van der Waals surface area (Å²) >= 11 is 0. The summed E-state index contributed by atoms with van der Waals surface area (Å²) in [6.45, 7) is 8.44. The summed E-state index contributed by atoms with van der Waals surface area (Å²) in [5, 5.41) is 0. The number of nitrogens with zero attached hydrogens (tertiary/aromatic N) is 2. The third-order valence-electron chi connectivity index (χ3n) is 5.80. The Bertz CT molecular complexity index is 1250. The van der Waals surface area contributed by atoms with Crippen LogP contribution in [0.5, 0.6) is 0 Å². The quantitative estimate of drug-likeness (QED) is 0.320. The summed E-state index contributed by atoms with van der Waals surface area (Å²) in [6, 6.07) is 8.52. The lowest BCUT2D eigenvalue weighted by atomic mass is 10.2. The van der Waals surface area contributed by atoms with Crippen LogP contribution in [-0.4, -0.2) is 19.9 Å². The smallest absolute Gasteiger partial charge is 0.0688 e. The van der Waals surface area contributed by atoms with E-state index < -0.39 is 0 Å². The highest BCUT2D eigenvalue weighted by Gasteiger charge is 2.11. The molecule has 0 unspecified atom stereocenters. The summed E-state index contributed by atoms with van der Waals surface area (Å²) < 4.78 is 0. The molecule has 4 nitrogen and oxygen atoms in total. The third kappa shape index (κ3) is 3.01. The van der Waals surface area contributed by atoms with Gasteiger partial charge in [-0.15, -0.1) is 0 Å². The molecule has 8 bridgehead atoms. The van der Waals surface area contributed by atoms with Crippen LogP contribution in [0.2, 0.25) is 0 Å². The predicted molar refractivity (Wildman–Crippen MR) is 125 cm³/mol. The summed E-state index contributed by atoms with van der Waals surface area (Å²) in [5.74, 6) is 0. The Balaban J connectivity index is 0.00000205. The van der Waals surface area contributed by atoms with E-state index in [-0.39, 0.29) is 7.43 Å². The van der Waals surface area contributed by atoms with Gasteiger partial charge in [-0.25, -0.2) is 9.97 Å². The fourth-order valence-corrected chi connectivity index (χ4v) is 3.78. The zero-order valence-corrected chi connectivity index (χ0v) is 16.5. The summed E-state index contributed by atoms with van der Waals surface area (Å²) in [5.41, 5.74) is 12.9. The van der Waals surface area contributed by atoms with Gasteiger partial charge >= 0.3 is 0 Å². The third-order valence-corrected chi connectivity index (χ3v) is 5.80. The summed E-state index contributed by atoms with van der Waals surface area (Å²) in [4.78, 5) is 16.8. The molecular formula is C25H26N4. The van der Waals surface area contributed by atoms with Crippen LogP contribution in [0, 0.1) is 27.7 Å². The molecule has 5 rings (SSSR count). The number of aryl methyl sites for hydroxylation is 3. The fraction of sp³-hybridized carbons (Fsp3) is 0.200. The van der Waals surface area contributed by atoms with Gasteiger partial charge in [0, 0.05) is 27.6 Å². The lowest BCUT2D eigenvalue weighted by Crippen LogP contribution is -1.88. The Morgan fingerprint density at radius 1 is 0.483 bits per heavy atom. The molecule has 146 valence electrons. The van der Waals surface area contributed by atoms with E-state index in [0.29, 0.717) is 0 Å². The zero-order valence-electron chi connectivity index (χ0n) is 16.5. The standard InChI is InChI=1S/C24H22N4.CH4/c1-13-17-5-7-19(25-17)14(2)21-9-11-23(27-21)16(4)24-12-10-22(28-24)15(3)20-8-6-18(13)26-20;/h5-12,25-26H,1-4H3;1H4.